The number of imidazole rings is 1. The minimum atomic E-state index is -4.69. The van der Waals surface area contributed by atoms with E-state index in [-0.39, 0.29) is 6.61 Å². The van der Waals surface area contributed by atoms with Gasteiger partial charge in [0.05, 0.1) is 26.1 Å². The Morgan fingerprint density at radius 1 is 1.14 bits per heavy atom. The van der Waals surface area contributed by atoms with E-state index in [1.54, 1.807) is 24.7 Å². The number of benzene rings is 1. The third-order valence-corrected chi connectivity index (χ3v) is 7.15. The van der Waals surface area contributed by atoms with Crippen LogP contribution in [0.1, 0.15) is 20.1 Å². The maximum Gasteiger partial charge on any atom is 0.469 e. The van der Waals surface area contributed by atoms with E-state index in [2.05, 4.69) is 32.0 Å². The normalized spacial score (nSPS) is 27.6. The molecule has 13 nitrogen and oxygen atoms in total. The second kappa shape index (κ2) is 9.37. The molecule has 3 fully saturated rings. The number of ether oxygens (including phenoxy) is 4. The zero-order valence-electron chi connectivity index (χ0n) is 20.3. The van der Waals surface area contributed by atoms with Gasteiger partial charge < -0.3 is 33.6 Å². The highest BCUT2D eigenvalue weighted by Gasteiger charge is 2.56. The summed E-state index contributed by atoms with van der Waals surface area (Å²) in [6.07, 6.45) is 0.444. The highest BCUT2D eigenvalue weighted by Crippen LogP contribution is 2.46. The second-order valence-electron chi connectivity index (χ2n) is 9.61. The Labute approximate surface area is 212 Å². The Kier molecular flexibility index (Phi) is 6.29. The first-order valence-electron chi connectivity index (χ1n) is 12.0. The average molecular weight is 533 g/mol. The monoisotopic (exact) mass is 533 g/mol. The molecule has 3 aromatic rings. The van der Waals surface area contributed by atoms with Crippen LogP contribution >= 0.6 is 7.82 Å². The number of hydrogen-bond donors (Lipinski definition) is 2. The van der Waals surface area contributed by atoms with E-state index in [0.29, 0.717) is 30.1 Å². The summed E-state index contributed by atoms with van der Waals surface area (Å²) in [5, 5.41) is 0. The molecule has 37 heavy (non-hydrogen) atoms. The third-order valence-electron chi connectivity index (χ3n) is 6.66. The molecule has 2 aromatic heterocycles. The molecular formula is C23H28N5O8P. The number of phosphoric ester groups is 1. The molecule has 6 rings (SSSR count). The number of phosphoric acid groups is 1. The molecule has 0 aliphatic carbocycles. The van der Waals surface area contributed by atoms with Crippen molar-refractivity contribution in [2.24, 2.45) is 0 Å². The van der Waals surface area contributed by atoms with Gasteiger partial charge in [-0.15, -0.1) is 0 Å². The van der Waals surface area contributed by atoms with Crippen molar-refractivity contribution in [2.75, 3.05) is 37.8 Å². The third kappa shape index (κ3) is 4.89. The van der Waals surface area contributed by atoms with Crippen molar-refractivity contribution in [1.29, 1.82) is 0 Å². The lowest BCUT2D eigenvalue weighted by atomic mass is 10.1. The number of hydrogen-bond acceptors (Lipinski definition) is 10. The van der Waals surface area contributed by atoms with Gasteiger partial charge in [-0.05, 0) is 26.0 Å². The molecule has 5 heterocycles. The zero-order valence-corrected chi connectivity index (χ0v) is 21.2. The van der Waals surface area contributed by atoms with Gasteiger partial charge >= 0.3 is 7.82 Å². The van der Waals surface area contributed by atoms with E-state index in [0.717, 1.165) is 24.3 Å². The van der Waals surface area contributed by atoms with E-state index in [1.807, 2.05) is 12.1 Å². The molecule has 0 spiro atoms. The van der Waals surface area contributed by atoms with Crippen molar-refractivity contribution in [1.82, 2.24) is 19.5 Å². The predicted molar refractivity (Wildman–Crippen MR) is 130 cm³/mol. The molecule has 0 bridgehead atoms. The highest BCUT2D eigenvalue weighted by atomic mass is 31.2. The highest BCUT2D eigenvalue weighted by molar-refractivity contribution is 7.46. The fourth-order valence-corrected chi connectivity index (χ4v) is 5.45. The van der Waals surface area contributed by atoms with E-state index in [4.69, 9.17) is 23.5 Å². The van der Waals surface area contributed by atoms with Crippen LogP contribution in [0.2, 0.25) is 0 Å². The first-order chi connectivity index (χ1) is 17.7. The van der Waals surface area contributed by atoms with Crippen LogP contribution in [0.3, 0.4) is 0 Å². The van der Waals surface area contributed by atoms with E-state index >= 15 is 0 Å². The summed E-state index contributed by atoms with van der Waals surface area (Å²) in [7, 11) is -4.69. The number of anilines is 1. The molecule has 3 saturated heterocycles. The molecule has 0 unspecified atom stereocenters. The smallest absolute Gasteiger partial charge is 0.378 e. The van der Waals surface area contributed by atoms with Gasteiger partial charge in [-0.3, -0.25) is 9.09 Å². The van der Waals surface area contributed by atoms with Gasteiger partial charge in [-0.1, -0.05) is 12.1 Å². The SMILES string of the molecule is CC1(C)O[C@@H]2[C@H](O1)[C@@H](COP(=O)(O)O)O[C@H]2n1cnc2c(-c3cccc(N4CCOCC4)c3)ncnc21. The predicted octanol–water partition coefficient (Wildman–Crippen LogP) is 1.86. The van der Waals surface area contributed by atoms with Crippen molar-refractivity contribution in [3.63, 3.8) is 0 Å². The van der Waals surface area contributed by atoms with E-state index < -0.39 is 38.1 Å². The Morgan fingerprint density at radius 2 is 1.92 bits per heavy atom. The standard InChI is InChI=1S/C23H28N5O8P/c1-23(2)35-19-16(11-33-37(29,30)31)34-22(20(19)36-23)28-13-26-18-17(24-12-25-21(18)28)14-4-3-5-15(10-14)27-6-8-32-9-7-27/h3-5,10,12-13,16,19-20,22H,6-9,11H2,1-2H3,(H2,29,30,31)/t16-,19-,20-,22-/m1/s1. The topological polar surface area (TPSA) is 151 Å². The number of fused-ring (bicyclic) bond motifs is 2. The number of aromatic nitrogens is 4. The van der Waals surface area contributed by atoms with Crippen molar-refractivity contribution >= 4 is 24.7 Å². The lowest BCUT2D eigenvalue weighted by Crippen LogP contribution is -2.36. The Balaban J connectivity index is 1.33. The van der Waals surface area contributed by atoms with Gasteiger partial charge in [0, 0.05) is 24.3 Å². The number of rotatable bonds is 6. The largest absolute Gasteiger partial charge is 0.469 e. The molecule has 3 aliphatic heterocycles. The van der Waals surface area contributed by atoms with E-state index in [9.17, 15) is 14.4 Å². The first-order valence-corrected chi connectivity index (χ1v) is 13.5. The van der Waals surface area contributed by atoms with Crippen LogP contribution < -0.4 is 4.90 Å². The molecule has 198 valence electrons. The lowest BCUT2D eigenvalue weighted by molar-refractivity contribution is -0.199. The van der Waals surface area contributed by atoms with Crippen molar-refractivity contribution in [3.05, 3.63) is 36.9 Å². The molecule has 14 heteroatoms. The van der Waals surface area contributed by atoms with Crippen LogP contribution in [0.25, 0.3) is 22.4 Å². The van der Waals surface area contributed by atoms with Crippen molar-refractivity contribution in [2.45, 2.75) is 44.2 Å². The minimum Gasteiger partial charge on any atom is -0.378 e. The van der Waals surface area contributed by atoms with Gasteiger partial charge in [0.15, 0.2) is 17.7 Å². The van der Waals surface area contributed by atoms with Crippen molar-refractivity contribution in [3.8, 4) is 11.3 Å². The summed E-state index contributed by atoms with van der Waals surface area (Å²) in [6, 6.07) is 8.13. The second-order valence-corrected chi connectivity index (χ2v) is 10.9. The molecule has 0 amide bonds. The lowest BCUT2D eigenvalue weighted by Gasteiger charge is -2.29. The zero-order chi connectivity index (χ0) is 25.8. The minimum absolute atomic E-state index is 0.359. The van der Waals surface area contributed by atoms with Crippen LogP contribution in [0.15, 0.2) is 36.9 Å². The van der Waals surface area contributed by atoms with E-state index in [1.165, 1.54) is 6.33 Å². The molecule has 4 atom stereocenters. The summed E-state index contributed by atoms with van der Waals surface area (Å²) in [5.74, 6) is -0.909. The quantitative estimate of drug-likeness (QED) is 0.445. The van der Waals surface area contributed by atoms with Crippen LogP contribution in [0.5, 0.6) is 0 Å². The fraction of sp³-hybridized carbons (Fsp3) is 0.522. The fourth-order valence-electron chi connectivity index (χ4n) is 5.11. The summed E-state index contributed by atoms with van der Waals surface area (Å²) in [6.45, 7) is 6.22. The molecule has 0 saturated carbocycles. The Morgan fingerprint density at radius 3 is 2.70 bits per heavy atom. The van der Waals surface area contributed by atoms with Gasteiger partial charge in [-0.2, -0.15) is 0 Å². The molecule has 0 radical (unpaired) electrons. The van der Waals surface area contributed by atoms with Gasteiger partial charge in [0.2, 0.25) is 0 Å². The van der Waals surface area contributed by atoms with Gasteiger partial charge in [0.1, 0.15) is 35.8 Å². The van der Waals surface area contributed by atoms with Crippen molar-refractivity contribution < 1.29 is 37.8 Å². The van der Waals surface area contributed by atoms with Gasteiger partial charge in [0.25, 0.3) is 0 Å². The Bertz CT molecular complexity index is 1340. The Hall–Kier alpha value is -2.48. The summed E-state index contributed by atoms with van der Waals surface area (Å²) >= 11 is 0. The van der Waals surface area contributed by atoms with Crippen LogP contribution in [0.4, 0.5) is 5.69 Å². The van der Waals surface area contributed by atoms with Crippen LogP contribution in [-0.2, 0) is 28.0 Å². The van der Waals surface area contributed by atoms with Crippen LogP contribution in [-0.4, -0.2) is 86.3 Å². The summed E-state index contributed by atoms with van der Waals surface area (Å²) in [4.78, 5) is 34.2. The summed E-state index contributed by atoms with van der Waals surface area (Å²) in [5.41, 5.74) is 3.80. The maximum absolute atomic E-state index is 11.3. The number of nitrogens with zero attached hydrogens (tertiary/aromatic N) is 5. The molecule has 3 aliphatic rings. The molecular weight excluding hydrogens is 505 g/mol. The maximum atomic E-state index is 11.3. The van der Waals surface area contributed by atoms with Crippen LogP contribution in [0, 0.1) is 0 Å². The average Bonchev–Trinajstić information content (AvgIpc) is 3.53. The molecule has 2 N–H and O–H groups in total. The molecule has 1 aromatic carbocycles. The first kappa shape index (κ1) is 24.8. The summed E-state index contributed by atoms with van der Waals surface area (Å²) < 4.78 is 41.5. The number of morpholine rings is 1. The van der Waals surface area contributed by atoms with Gasteiger partial charge in [-0.25, -0.2) is 19.5 Å².